The number of hydrogen-bond donors (Lipinski definition) is 1. The van der Waals surface area contributed by atoms with Crippen LogP contribution in [0.15, 0.2) is 0 Å². The second-order valence-electron chi connectivity index (χ2n) is 6.63. The summed E-state index contributed by atoms with van der Waals surface area (Å²) in [5.41, 5.74) is -0.681. The molecule has 1 aliphatic rings. The summed E-state index contributed by atoms with van der Waals surface area (Å²) in [4.78, 5) is 0. The molecule has 0 aromatic carbocycles. The molecule has 3 atom stereocenters. The fourth-order valence-corrected chi connectivity index (χ4v) is 3.50. The zero-order chi connectivity index (χ0) is 13.1. The van der Waals surface area contributed by atoms with Crippen LogP contribution in [0.5, 0.6) is 0 Å². The van der Waals surface area contributed by atoms with E-state index in [9.17, 15) is 10.4 Å². The minimum absolute atomic E-state index is 0.0814. The van der Waals surface area contributed by atoms with Crippen LogP contribution in [0.3, 0.4) is 0 Å². The standard InChI is InChI=1S/C15H27NO/c1-5-8-12(11-16)15(17)10-7-6-9-13(15)14(2,3)4/h12-13,17H,5-10H2,1-4H3. The summed E-state index contributed by atoms with van der Waals surface area (Å²) in [7, 11) is 0. The van der Waals surface area contributed by atoms with Gasteiger partial charge < -0.3 is 5.11 Å². The Hall–Kier alpha value is -0.550. The van der Waals surface area contributed by atoms with E-state index in [1.807, 2.05) is 0 Å². The maximum absolute atomic E-state index is 11.0. The van der Waals surface area contributed by atoms with Crippen LogP contribution < -0.4 is 0 Å². The first-order valence-electron chi connectivity index (χ1n) is 6.98. The number of aliphatic hydroxyl groups is 1. The van der Waals surface area contributed by atoms with Crippen molar-refractivity contribution in [2.45, 2.75) is 71.8 Å². The van der Waals surface area contributed by atoms with Crippen LogP contribution >= 0.6 is 0 Å². The van der Waals surface area contributed by atoms with E-state index in [0.717, 1.165) is 32.1 Å². The van der Waals surface area contributed by atoms with Crippen molar-refractivity contribution in [3.05, 3.63) is 0 Å². The van der Waals surface area contributed by atoms with Gasteiger partial charge in [-0.1, -0.05) is 47.0 Å². The van der Waals surface area contributed by atoms with Crippen LogP contribution in [0.4, 0.5) is 0 Å². The smallest absolute Gasteiger partial charge is 0.0838 e. The largest absolute Gasteiger partial charge is 0.388 e. The van der Waals surface area contributed by atoms with Crippen molar-refractivity contribution < 1.29 is 5.11 Å². The van der Waals surface area contributed by atoms with Crippen LogP contribution in [-0.4, -0.2) is 10.7 Å². The summed E-state index contributed by atoms with van der Waals surface area (Å²) in [6, 6.07) is 2.37. The van der Waals surface area contributed by atoms with Gasteiger partial charge in [-0.25, -0.2) is 0 Å². The van der Waals surface area contributed by atoms with Crippen LogP contribution in [0.2, 0.25) is 0 Å². The van der Waals surface area contributed by atoms with Crippen LogP contribution in [0.1, 0.15) is 66.2 Å². The van der Waals surface area contributed by atoms with Gasteiger partial charge in [-0.15, -0.1) is 0 Å². The van der Waals surface area contributed by atoms with E-state index in [0.29, 0.717) is 0 Å². The zero-order valence-corrected chi connectivity index (χ0v) is 11.8. The third-order valence-electron chi connectivity index (χ3n) is 4.31. The first-order chi connectivity index (χ1) is 7.86. The summed E-state index contributed by atoms with van der Waals surface area (Å²) < 4.78 is 0. The zero-order valence-electron chi connectivity index (χ0n) is 11.8. The maximum atomic E-state index is 11.0. The Bertz CT molecular complexity index is 286. The first kappa shape index (κ1) is 14.5. The molecule has 3 unspecified atom stereocenters. The molecule has 1 rings (SSSR count). The molecular weight excluding hydrogens is 210 g/mol. The van der Waals surface area contributed by atoms with Crippen molar-refractivity contribution in [2.24, 2.45) is 17.3 Å². The molecule has 0 spiro atoms. The van der Waals surface area contributed by atoms with E-state index in [2.05, 4.69) is 33.8 Å². The Morgan fingerprint density at radius 1 is 1.41 bits per heavy atom. The molecule has 0 radical (unpaired) electrons. The van der Waals surface area contributed by atoms with Gasteiger partial charge in [-0.05, 0) is 30.6 Å². The average molecular weight is 237 g/mol. The highest BCUT2D eigenvalue weighted by Crippen LogP contribution is 2.48. The van der Waals surface area contributed by atoms with Crippen molar-refractivity contribution in [2.75, 3.05) is 0 Å². The van der Waals surface area contributed by atoms with Gasteiger partial charge in [0.2, 0.25) is 0 Å². The molecule has 1 N–H and O–H groups in total. The van der Waals surface area contributed by atoms with Gasteiger partial charge >= 0.3 is 0 Å². The third-order valence-corrected chi connectivity index (χ3v) is 4.31. The number of nitrogens with zero attached hydrogens (tertiary/aromatic N) is 1. The fourth-order valence-electron chi connectivity index (χ4n) is 3.50. The Kier molecular flexibility index (Phi) is 4.61. The van der Waals surface area contributed by atoms with Crippen molar-refractivity contribution >= 4 is 0 Å². The van der Waals surface area contributed by atoms with Crippen molar-refractivity contribution in [1.29, 1.82) is 5.26 Å². The molecule has 2 heteroatoms. The Labute approximate surface area is 106 Å². The predicted octanol–water partition coefficient (Wildman–Crippen LogP) is 3.89. The van der Waals surface area contributed by atoms with Crippen molar-refractivity contribution in [1.82, 2.24) is 0 Å². The highest BCUT2D eigenvalue weighted by atomic mass is 16.3. The molecule has 0 bridgehead atoms. The number of rotatable bonds is 3. The predicted molar refractivity (Wildman–Crippen MR) is 70.4 cm³/mol. The minimum atomic E-state index is -0.763. The molecule has 0 aliphatic heterocycles. The number of hydrogen-bond acceptors (Lipinski definition) is 2. The summed E-state index contributed by atoms with van der Waals surface area (Å²) in [6.45, 7) is 8.65. The first-order valence-corrected chi connectivity index (χ1v) is 6.98. The van der Waals surface area contributed by atoms with Gasteiger partial charge in [0, 0.05) is 0 Å². The lowest BCUT2D eigenvalue weighted by Crippen LogP contribution is -2.51. The van der Waals surface area contributed by atoms with Crippen LogP contribution in [0.25, 0.3) is 0 Å². The molecule has 0 heterocycles. The fraction of sp³-hybridized carbons (Fsp3) is 0.933. The second-order valence-corrected chi connectivity index (χ2v) is 6.63. The lowest BCUT2D eigenvalue weighted by molar-refractivity contribution is -0.117. The Balaban J connectivity index is 2.99. The van der Waals surface area contributed by atoms with Gasteiger partial charge in [0.1, 0.15) is 0 Å². The van der Waals surface area contributed by atoms with E-state index in [-0.39, 0.29) is 17.3 Å². The average Bonchev–Trinajstić information content (AvgIpc) is 2.24. The van der Waals surface area contributed by atoms with E-state index in [4.69, 9.17) is 0 Å². The van der Waals surface area contributed by atoms with E-state index < -0.39 is 5.60 Å². The molecule has 0 aromatic heterocycles. The van der Waals surface area contributed by atoms with Gasteiger partial charge in [0.05, 0.1) is 17.6 Å². The monoisotopic (exact) mass is 237 g/mol. The topological polar surface area (TPSA) is 44.0 Å². The highest BCUT2D eigenvalue weighted by molar-refractivity contribution is 5.06. The molecule has 1 saturated carbocycles. The molecule has 17 heavy (non-hydrogen) atoms. The Morgan fingerprint density at radius 2 is 2.06 bits per heavy atom. The third kappa shape index (κ3) is 3.01. The lowest BCUT2D eigenvalue weighted by Gasteiger charge is -2.49. The minimum Gasteiger partial charge on any atom is -0.388 e. The quantitative estimate of drug-likeness (QED) is 0.809. The number of nitriles is 1. The maximum Gasteiger partial charge on any atom is 0.0838 e. The summed E-state index contributed by atoms with van der Waals surface area (Å²) in [5.74, 6) is 0.0528. The highest BCUT2D eigenvalue weighted by Gasteiger charge is 2.49. The van der Waals surface area contributed by atoms with Gasteiger partial charge in [-0.2, -0.15) is 5.26 Å². The van der Waals surface area contributed by atoms with Crippen molar-refractivity contribution in [3.8, 4) is 6.07 Å². The van der Waals surface area contributed by atoms with Crippen LogP contribution in [-0.2, 0) is 0 Å². The normalized spacial score (nSPS) is 31.9. The van der Waals surface area contributed by atoms with E-state index >= 15 is 0 Å². The van der Waals surface area contributed by atoms with Gasteiger partial charge in [0.25, 0.3) is 0 Å². The molecule has 1 aliphatic carbocycles. The molecule has 0 saturated heterocycles. The molecule has 0 aromatic rings. The molecule has 2 nitrogen and oxygen atoms in total. The Morgan fingerprint density at radius 3 is 2.53 bits per heavy atom. The second kappa shape index (κ2) is 5.40. The summed E-state index contributed by atoms with van der Waals surface area (Å²) in [6.07, 6.45) is 5.89. The van der Waals surface area contributed by atoms with Gasteiger partial charge in [-0.3, -0.25) is 0 Å². The van der Waals surface area contributed by atoms with Crippen LogP contribution in [0, 0.1) is 28.6 Å². The SMILES string of the molecule is CCCC(C#N)C1(O)CCCCC1C(C)(C)C. The molecule has 0 amide bonds. The van der Waals surface area contributed by atoms with Gasteiger partial charge in [0.15, 0.2) is 0 Å². The van der Waals surface area contributed by atoms with E-state index in [1.165, 1.54) is 6.42 Å². The molecule has 98 valence electrons. The van der Waals surface area contributed by atoms with E-state index in [1.54, 1.807) is 0 Å². The lowest BCUT2D eigenvalue weighted by atomic mass is 9.59. The summed E-state index contributed by atoms with van der Waals surface area (Å²) >= 11 is 0. The molecular formula is C15H27NO. The van der Waals surface area contributed by atoms with Crippen molar-refractivity contribution in [3.63, 3.8) is 0 Å². The molecule has 1 fully saturated rings. The summed E-state index contributed by atoms with van der Waals surface area (Å²) in [5, 5.41) is 20.4.